The average Bonchev–Trinajstić information content (AvgIpc) is 2.81. The Morgan fingerprint density at radius 1 is 0.933 bits per heavy atom. The third-order valence-electron chi connectivity index (χ3n) is 4.60. The zero-order chi connectivity index (χ0) is 9.83. The van der Waals surface area contributed by atoms with E-state index in [0.717, 1.165) is 17.8 Å². The van der Waals surface area contributed by atoms with Gasteiger partial charge in [-0.05, 0) is 60.1 Å². The van der Waals surface area contributed by atoms with Gasteiger partial charge < -0.3 is 0 Å². The maximum Gasteiger partial charge on any atom is -0.00931 e. The van der Waals surface area contributed by atoms with E-state index in [4.69, 9.17) is 0 Å². The number of hydrogen-bond acceptors (Lipinski definition) is 0. The van der Waals surface area contributed by atoms with Crippen LogP contribution < -0.4 is 0 Å². The molecule has 0 aromatic heterocycles. The molecule has 76 valence electrons. The van der Waals surface area contributed by atoms with E-state index in [-0.39, 0.29) is 0 Å². The summed E-state index contributed by atoms with van der Waals surface area (Å²) in [5.74, 6) is 2.59. The van der Waals surface area contributed by atoms with Crippen LogP contribution in [0.4, 0.5) is 0 Å². The lowest BCUT2D eigenvalue weighted by Gasteiger charge is -2.24. The smallest absolute Gasteiger partial charge is 0.00931 e. The van der Waals surface area contributed by atoms with Gasteiger partial charge in [0.25, 0.3) is 0 Å². The van der Waals surface area contributed by atoms with E-state index >= 15 is 0 Å². The Kier molecular flexibility index (Phi) is 1.49. The van der Waals surface area contributed by atoms with Crippen molar-refractivity contribution in [2.45, 2.75) is 31.6 Å². The predicted octanol–water partition coefficient (Wildman–Crippen LogP) is 3.46. The average molecular weight is 196 g/mol. The van der Waals surface area contributed by atoms with Crippen molar-refractivity contribution in [3.63, 3.8) is 0 Å². The molecular weight excluding hydrogens is 180 g/mol. The largest absolute Gasteiger partial charge is 0.0851 e. The van der Waals surface area contributed by atoms with Crippen LogP contribution in [0.3, 0.4) is 0 Å². The highest BCUT2D eigenvalue weighted by Crippen LogP contribution is 2.49. The van der Waals surface area contributed by atoms with E-state index in [2.05, 4.69) is 30.4 Å². The van der Waals surface area contributed by atoms with E-state index < -0.39 is 0 Å². The van der Waals surface area contributed by atoms with Crippen LogP contribution in [-0.2, 0) is 12.8 Å². The van der Waals surface area contributed by atoms with E-state index in [1.807, 2.05) is 0 Å². The summed E-state index contributed by atoms with van der Waals surface area (Å²) in [6.45, 7) is 0. The molecule has 0 heteroatoms. The normalized spacial score (nSPS) is 35.3. The maximum absolute atomic E-state index is 2.48. The molecule has 1 saturated carbocycles. The van der Waals surface area contributed by atoms with Gasteiger partial charge in [0.1, 0.15) is 0 Å². The van der Waals surface area contributed by atoms with Gasteiger partial charge in [-0.25, -0.2) is 0 Å². The fourth-order valence-electron chi connectivity index (χ4n) is 3.61. The summed E-state index contributed by atoms with van der Waals surface area (Å²) in [7, 11) is 0. The summed E-state index contributed by atoms with van der Waals surface area (Å²) in [4.78, 5) is 0. The van der Waals surface area contributed by atoms with Crippen molar-refractivity contribution >= 4 is 0 Å². The van der Waals surface area contributed by atoms with Crippen LogP contribution in [-0.4, -0.2) is 0 Å². The van der Waals surface area contributed by atoms with E-state index in [9.17, 15) is 0 Å². The van der Waals surface area contributed by atoms with Gasteiger partial charge in [0, 0.05) is 0 Å². The number of allylic oxidation sites excluding steroid dienone is 2. The molecule has 3 aliphatic carbocycles. The van der Waals surface area contributed by atoms with Crippen LogP contribution in [0, 0.1) is 11.8 Å². The van der Waals surface area contributed by atoms with Crippen molar-refractivity contribution in [1.29, 1.82) is 0 Å². The van der Waals surface area contributed by atoms with Gasteiger partial charge >= 0.3 is 0 Å². The minimum atomic E-state index is 0.839. The van der Waals surface area contributed by atoms with Crippen molar-refractivity contribution in [2.75, 3.05) is 0 Å². The maximum atomic E-state index is 2.48. The van der Waals surface area contributed by atoms with Crippen molar-refractivity contribution in [3.8, 4) is 0 Å². The molecule has 0 spiro atoms. The number of rotatable bonds is 1. The second-order valence-electron chi connectivity index (χ2n) is 5.41. The molecule has 0 radical (unpaired) electrons. The minimum Gasteiger partial charge on any atom is -0.0851 e. The molecule has 0 nitrogen and oxygen atoms in total. The van der Waals surface area contributed by atoms with Gasteiger partial charge in [-0.15, -0.1) is 0 Å². The van der Waals surface area contributed by atoms with Gasteiger partial charge in [-0.1, -0.05) is 30.4 Å². The Balaban J connectivity index is 1.72. The summed E-state index contributed by atoms with van der Waals surface area (Å²) in [5.41, 5.74) is 4.84. The molecule has 0 heterocycles. The van der Waals surface area contributed by atoms with Crippen molar-refractivity contribution in [3.05, 3.63) is 47.0 Å². The van der Waals surface area contributed by atoms with Gasteiger partial charge in [-0.3, -0.25) is 0 Å². The van der Waals surface area contributed by atoms with Gasteiger partial charge in [-0.2, -0.15) is 0 Å². The first-order valence-electron chi connectivity index (χ1n) is 6.20. The molecule has 3 aliphatic rings. The van der Waals surface area contributed by atoms with Gasteiger partial charge in [0.15, 0.2) is 0 Å². The van der Waals surface area contributed by atoms with Gasteiger partial charge in [0.2, 0.25) is 0 Å². The second-order valence-corrected chi connectivity index (χ2v) is 5.41. The zero-order valence-electron chi connectivity index (χ0n) is 8.95. The summed E-state index contributed by atoms with van der Waals surface area (Å²) >= 11 is 0. The van der Waals surface area contributed by atoms with Crippen LogP contribution in [0.25, 0.3) is 0 Å². The molecule has 1 aromatic rings. The quantitative estimate of drug-likeness (QED) is 0.603. The molecule has 0 aliphatic heterocycles. The number of hydrogen-bond donors (Lipinski definition) is 0. The monoisotopic (exact) mass is 196 g/mol. The van der Waals surface area contributed by atoms with E-state index in [1.54, 1.807) is 16.7 Å². The number of aryl methyl sites for hydroxylation is 2. The van der Waals surface area contributed by atoms with Crippen molar-refractivity contribution < 1.29 is 0 Å². The highest BCUT2D eigenvalue weighted by atomic mass is 14.4. The third kappa shape index (κ3) is 1.08. The summed E-state index contributed by atoms with van der Waals surface area (Å²) < 4.78 is 0. The lowest BCUT2D eigenvalue weighted by Crippen LogP contribution is -2.11. The molecule has 3 atom stereocenters. The summed E-state index contributed by atoms with van der Waals surface area (Å²) in [6.07, 6.45) is 10.3. The Bertz CT molecular complexity index is 441. The molecule has 0 N–H and O–H groups in total. The highest BCUT2D eigenvalue weighted by Gasteiger charge is 2.36. The Morgan fingerprint density at radius 3 is 2.47 bits per heavy atom. The molecule has 1 fully saturated rings. The molecule has 15 heavy (non-hydrogen) atoms. The van der Waals surface area contributed by atoms with E-state index in [0.29, 0.717) is 0 Å². The van der Waals surface area contributed by atoms with Crippen LogP contribution in [0.2, 0.25) is 0 Å². The highest BCUT2D eigenvalue weighted by molar-refractivity contribution is 5.41. The molecule has 0 saturated heterocycles. The first-order valence-corrected chi connectivity index (χ1v) is 6.20. The Morgan fingerprint density at radius 2 is 1.87 bits per heavy atom. The third-order valence-corrected chi connectivity index (χ3v) is 4.60. The number of fused-ring (bicyclic) bond motifs is 3. The second kappa shape index (κ2) is 2.75. The van der Waals surface area contributed by atoms with Crippen LogP contribution in [0.15, 0.2) is 30.4 Å². The Labute approximate surface area is 91.0 Å². The fourth-order valence-corrected chi connectivity index (χ4v) is 3.61. The van der Waals surface area contributed by atoms with Crippen molar-refractivity contribution in [1.82, 2.24) is 0 Å². The van der Waals surface area contributed by atoms with Crippen LogP contribution in [0.1, 0.15) is 35.4 Å². The number of benzene rings is 1. The first kappa shape index (κ1) is 8.15. The zero-order valence-corrected chi connectivity index (χ0v) is 8.95. The van der Waals surface area contributed by atoms with Crippen molar-refractivity contribution in [2.24, 2.45) is 11.8 Å². The summed E-state index contributed by atoms with van der Waals surface area (Å²) in [6, 6.07) is 7.24. The molecule has 2 bridgehead atoms. The molecule has 4 rings (SSSR count). The van der Waals surface area contributed by atoms with Crippen LogP contribution >= 0.6 is 0 Å². The molecule has 1 aromatic carbocycles. The lowest BCUT2D eigenvalue weighted by atomic mass is 9.81. The molecule has 3 unspecified atom stereocenters. The van der Waals surface area contributed by atoms with Gasteiger partial charge in [0.05, 0.1) is 0 Å². The van der Waals surface area contributed by atoms with E-state index in [1.165, 1.54) is 25.7 Å². The lowest BCUT2D eigenvalue weighted by molar-refractivity contribution is 0.583. The Hall–Kier alpha value is -1.04. The standard InChI is InChI=1S/C15H16/c1-2-13-7-10(1)8-15(13)14-6-4-11-3-5-12(11)9-14/h1-2,4,6,9-10,13,15H,3,5,7-8H2. The SMILES string of the molecule is C1=CC2CC1CC2c1ccc2c(c1)CC2. The van der Waals surface area contributed by atoms with Crippen LogP contribution in [0.5, 0.6) is 0 Å². The molecular formula is C15H16. The summed E-state index contributed by atoms with van der Waals surface area (Å²) in [5, 5.41) is 0. The minimum absolute atomic E-state index is 0.839. The fraction of sp³-hybridized carbons (Fsp3) is 0.467. The molecule has 0 amide bonds. The first-order chi connectivity index (χ1) is 7.40. The predicted molar refractivity (Wildman–Crippen MR) is 61.9 cm³/mol. The topological polar surface area (TPSA) is 0 Å².